The maximum Gasteiger partial charge on any atom is 0.340 e. The molecule has 2 aliphatic rings. The van der Waals surface area contributed by atoms with Gasteiger partial charge in [0.2, 0.25) is 5.11 Å². The Morgan fingerprint density at radius 2 is 1.53 bits per heavy atom. The molecule has 0 saturated heterocycles. The van der Waals surface area contributed by atoms with Crippen LogP contribution in [0.4, 0.5) is 11.4 Å². The van der Waals surface area contributed by atoms with E-state index in [0.717, 1.165) is 11.1 Å². The molecule has 3 N–H and O–H groups in total. The second-order valence-corrected chi connectivity index (χ2v) is 10.8. The maximum atomic E-state index is 13.2. The zero-order valence-electron chi connectivity index (χ0n) is 23.7. The largest absolute Gasteiger partial charge is 0.508 e. The first-order valence-corrected chi connectivity index (χ1v) is 14.3. The van der Waals surface area contributed by atoms with Gasteiger partial charge in [0.1, 0.15) is 22.9 Å². The number of aromatic hydroxyl groups is 2. The summed E-state index contributed by atoms with van der Waals surface area (Å²) in [6.45, 7) is 1.25. The number of nitrogens with one attached hydrogen (secondary N) is 1. The van der Waals surface area contributed by atoms with E-state index in [0.29, 0.717) is 27.9 Å². The summed E-state index contributed by atoms with van der Waals surface area (Å²) in [5.74, 6) is -1.18. The molecule has 0 bridgehead atoms. The highest BCUT2D eigenvalue weighted by Crippen LogP contribution is 2.59. The number of anilines is 2. The number of benzene rings is 5. The van der Waals surface area contributed by atoms with E-state index in [4.69, 9.17) is 26.5 Å². The van der Waals surface area contributed by atoms with Gasteiger partial charge in [0.25, 0.3) is 0 Å². The molecule has 9 nitrogen and oxygen atoms in total. The molecule has 0 amide bonds. The van der Waals surface area contributed by atoms with Crippen LogP contribution < -0.4 is 15.1 Å². The van der Waals surface area contributed by atoms with Crippen LogP contribution in [0.5, 0.6) is 23.0 Å². The molecule has 2 heterocycles. The van der Waals surface area contributed by atoms with Gasteiger partial charge in [0, 0.05) is 29.7 Å². The van der Waals surface area contributed by atoms with Crippen molar-refractivity contribution in [1.82, 2.24) is 0 Å². The highest BCUT2D eigenvalue weighted by molar-refractivity contribution is 7.80. The molecular formula is C35H24N2O7S. The van der Waals surface area contributed by atoms with Gasteiger partial charge in [-0.1, -0.05) is 66.7 Å². The SMILES string of the molecule is CC(=O)ON(C(=S)Nc1c(O)ccc2c1Oc1cc(O)ccc1C21OC(=O)c2ccccc21)c1ccccc1-c1ccccc1. The minimum atomic E-state index is -1.45. The standard InChI is InChI=1S/C35H24N2O7S/c1-20(38)44-37(28-14-8-6-11-23(28)21-9-3-2-4-10-21)34(45)36-31-29(40)18-17-27-32(31)42-30-19-22(39)15-16-26(30)35(27)25-13-7-5-12-24(25)33(41)43-35/h2-19,39-40H,1H3,(H,36,45). The van der Waals surface area contributed by atoms with Crippen molar-refractivity contribution in [2.45, 2.75) is 12.5 Å². The van der Waals surface area contributed by atoms with Gasteiger partial charge < -0.3 is 29.8 Å². The Kier molecular flexibility index (Phi) is 6.63. The predicted octanol–water partition coefficient (Wildman–Crippen LogP) is 7.01. The minimum absolute atomic E-state index is 0.0284. The lowest BCUT2D eigenvalue weighted by atomic mass is 9.77. The van der Waals surface area contributed by atoms with Crippen molar-refractivity contribution < 1.29 is 34.1 Å². The van der Waals surface area contributed by atoms with Crippen molar-refractivity contribution in [3.63, 3.8) is 0 Å². The van der Waals surface area contributed by atoms with Crippen molar-refractivity contribution in [2.75, 3.05) is 10.4 Å². The summed E-state index contributed by atoms with van der Waals surface area (Å²) in [7, 11) is 0. The highest BCUT2D eigenvalue weighted by Gasteiger charge is 2.54. The molecule has 45 heavy (non-hydrogen) atoms. The van der Waals surface area contributed by atoms with Gasteiger partial charge >= 0.3 is 11.9 Å². The molecule has 0 fully saturated rings. The summed E-state index contributed by atoms with van der Waals surface area (Å²) < 4.78 is 12.5. The number of phenolic OH excluding ortho intramolecular Hbond substituents is 2. The van der Waals surface area contributed by atoms with Crippen LogP contribution in [0.1, 0.15) is 34.0 Å². The van der Waals surface area contributed by atoms with E-state index in [1.54, 1.807) is 48.5 Å². The van der Waals surface area contributed by atoms with Gasteiger partial charge in [-0.3, -0.25) is 0 Å². The third-order valence-electron chi connectivity index (χ3n) is 7.69. The summed E-state index contributed by atoms with van der Waals surface area (Å²) in [4.78, 5) is 31.1. The fourth-order valence-corrected chi connectivity index (χ4v) is 6.07. The summed E-state index contributed by atoms with van der Waals surface area (Å²) in [5.41, 5.74) is 2.48. The maximum absolute atomic E-state index is 13.2. The monoisotopic (exact) mass is 616 g/mol. The summed E-state index contributed by atoms with van der Waals surface area (Å²) in [6.07, 6.45) is 0. The number of esters is 1. The number of hydrogen-bond donors (Lipinski definition) is 3. The number of thiocarbonyl (C=S) groups is 1. The molecule has 5 aromatic rings. The third-order valence-corrected chi connectivity index (χ3v) is 7.96. The summed E-state index contributed by atoms with van der Waals surface area (Å²) >= 11 is 5.78. The molecule has 1 atom stereocenters. The van der Waals surface area contributed by atoms with Crippen molar-refractivity contribution >= 4 is 40.6 Å². The normalized spacial score (nSPS) is 15.6. The smallest absolute Gasteiger partial charge is 0.340 e. The van der Waals surface area contributed by atoms with Crippen LogP contribution in [0, 0.1) is 0 Å². The number of carbonyl (C=O) groups is 2. The molecule has 0 aromatic heterocycles. The Hall–Kier alpha value is -5.87. The van der Waals surface area contributed by atoms with E-state index in [1.165, 1.54) is 30.2 Å². The van der Waals surface area contributed by atoms with Crippen LogP contribution >= 0.6 is 12.2 Å². The number of phenols is 2. The number of ether oxygens (including phenoxy) is 2. The van der Waals surface area contributed by atoms with Crippen LogP contribution in [0.3, 0.4) is 0 Å². The first kappa shape index (κ1) is 27.9. The Morgan fingerprint density at radius 3 is 2.31 bits per heavy atom. The zero-order chi connectivity index (χ0) is 31.3. The van der Waals surface area contributed by atoms with Crippen molar-refractivity contribution in [3.8, 4) is 34.1 Å². The second-order valence-electron chi connectivity index (χ2n) is 10.4. The molecule has 1 spiro atoms. The van der Waals surface area contributed by atoms with Crippen molar-refractivity contribution in [2.24, 2.45) is 0 Å². The predicted molar refractivity (Wildman–Crippen MR) is 170 cm³/mol. The number of para-hydroxylation sites is 1. The van der Waals surface area contributed by atoms with Crippen LogP contribution in [0.2, 0.25) is 0 Å². The van der Waals surface area contributed by atoms with E-state index in [-0.39, 0.29) is 33.8 Å². The van der Waals surface area contributed by atoms with Crippen LogP contribution in [0.15, 0.2) is 109 Å². The summed E-state index contributed by atoms with van der Waals surface area (Å²) in [5, 5.41) is 25.6. The molecule has 222 valence electrons. The Balaban J connectivity index is 1.37. The van der Waals surface area contributed by atoms with Crippen LogP contribution in [-0.4, -0.2) is 27.3 Å². The average Bonchev–Trinajstić information content (AvgIpc) is 3.34. The topological polar surface area (TPSA) is 118 Å². The first-order chi connectivity index (χ1) is 21.8. The van der Waals surface area contributed by atoms with Crippen molar-refractivity contribution in [3.05, 3.63) is 131 Å². The second kappa shape index (κ2) is 10.7. The van der Waals surface area contributed by atoms with Gasteiger partial charge in [-0.05, 0) is 54.2 Å². The number of rotatable bonds is 3. The van der Waals surface area contributed by atoms with Crippen molar-refractivity contribution in [1.29, 1.82) is 0 Å². The number of nitrogens with zero attached hydrogens (tertiary/aromatic N) is 1. The lowest BCUT2D eigenvalue weighted by Crippen LogP contribution is -2.37. The first-order valence-electron chi connectivity index (χ1n) is 13.9. The number of carbonyl (C=O) groups excluding carboxylic acids is 2. The van der Waals surface area contributed by atoms with E-state index in [1.807, 2.05) is 42.5 Å². The average molecular weight is 617 g/mol. The molecule has 5 aromatic carbocycles. The minimum Gasteiger partial charge on any atom is -0.508 e. The lowest BCUT2D eigenvalue weighted by molar-refractivity contribution is -0.140. The number of hydrogen-bond acceptors (Lipinski definition) is 8. The highest BCUT2D eigenvalue weighted by atomic mass is 32.1. The molecule has 10 heteroatoms. The van der Waals surface area contributed by atoms with Gasteiger partial charge in [-0.25, -0.2) is 9.59 Å². The van der Waals surface area contributed by atoms with E-state index in [2.05, 4.69) is 5.32 Å². The fourth-order valence-electron chi connectivity index (χ4n) is 5.83. The van der Waals surface area contributed by atoms with Crippen LogP contribution in [-0.2, 0) is 20.0 Å². The van der Waals surface area contributed by atoms with Gasteiger partial charge in [-0.15, -0.1) is 5.06 Å². The molecule has 1 unspecified atom stereocenters. The van der Waals surface area contributed by atoms with E-state index >= 15 is 0 Å². The molecule has 7 rings (SSSR count). The molecule has 0 saturated carbocycles. The van der Waals surface area contributed by atoms with E-state index in [9.17, 15) is 19.8 Å². The molecule has 0 aliphatic carbocycles. The molecular weight excluding hydrogens is 592 g/mol. The Labute approximate surface area is 262 Å². The van der Waals surface area contributed by atoms with Gasteiger partial charge in [-0.2, -0.15) is 0 Å². The number of fused-ring (bicyclic) bond motifs is 6. The lowest BCUT2D eigenvalue weighted by Gasteiger charge is -2.37. The number of hydroxylamine groups is 1. The Bertz CT molecular complexity index is 2030. The van der Waals surface area contributed by atoms with Gasteiger partial charge in [0.05, 0.1) is 16.8 Å². The summed E-state index contributed by atoms with van der Waals surface area (Å²) in [6, 6.07) is 31.4. The molecule has 0 radical (unpaired) electrons. The van der Waals surface area contributed by atoms with Crippen LogP contribution in [0.25, 0.3) is 11.1 Å². The third kappa shape index (κ3) is 4.50. The zero-order valence-corrected chi connectivity index (χ0v) is 24.5. The van der Waals surface area contributed by atoms with E-state index < -0.39 is 17.5 Å². The van der Waals surface area contributed by atoms with Gasteiger partial charge in [0.15, 0.2) is 11.4 Å². The fraction of sp³-hybridized carbons (Fsp3) is 0.0571. The molecule has 2 aliphatic heterocycles. The quantitative estimate of drug-likeness (QED) is 0.0845. The Morgan fingerprint density at radius 1 is 0.844 bits per heavy atom.